The van der Waals surface area contributed by atoms with Gasteiger partial charge >= 0.3 is 0 Å². The van der Waals surface area contributed by atoms with E-state index in [2.05, 4.69) is 15.3 Å². The first-order chi connectivity index (χ1) is 4.33. The number of anilines is 2. The summed E-state index contributed by atoms with van der Waals surface area (Å²) in [5.74, 6) is 0.653. The molecule has 9 heavy (non-hydrogen) atoms. The van der Waals surface area contributed by atoms with Crippen LogP contribution in [0, 0.1) is 0 Å². The van der Waals surface area contributed by atoms with Gasteiger partial charge in [0.25, 0.3) is 0 Å². The van der Waals surface area contributed by atoms with Gasteiger partial charge in [0, 0.05) is 5.38 Å². The van der Waals surface area contributed by atoms with Crippen molar-refractivity contribution < 1.29 is 4.84 Å². The molecular weight excluding hydrogens is 138 g/mol. The molecule has 1 aromatic rings. The second-order valence-electron chi connectivity index (χ2n) is 1.38. The van der Waals surface area contributed by atoms with Gasteiger partial charge in [0.15, 0.2) is 10.9 Å². The van der Waals surface area contributed by atoms with E-state index in [0.29, 0.717) is 10.9 Å². The Balaban J connectivity index is 2.61. The lowest BCUT2D eigenvalue weighted by Crippen LogP contribution is -1.95. The highest BCUT2D eigenvalue weighted by atomic mass is 32.1. The van der Waals surface area contributed by atoms with Crippen LogP contribution in [-0.4, -0.2) is 12.1 Å². The number of aromatic nitrogens is 1. The third-order valence-electron chi connectivity index (χ3n) is 0.729. The molecule has 0 spiro atoms. The molecule has 50 valence electrons. The first kappa shape index (κ1) is 6.31. The third-order valence-corrected chi connectivity index (χ3v) is 1.40. The minimum atomic E-state index is 0.537. The fraction of sp³-hybridized carbons (Fsp3) is 0.250. The zero-order chi connectivity index (χ0) is 6.69. The molecule has 0 aliphatic carbocycles. The lowest BCUT2D eigenvalue weighted by molar-refractivity contribution is 0.269. The smallest absolute Gasteiger partial charge is 0.182 e. The van der Waals surface area contributed by atoms with Crippen molar-refractivity contribution in [2.24, 2.45) is 0 Å². The topological polar surface area (TPSA) is 60.2 Å². The predicted octanol–water partition coefficient (Wildman–Crippen LogP) is 0.699. The van der Waals surface area contributed by atoms with E-state index in [4.69, 9.17) is 5.73 Å². The average Bonchev–Trinajstić information content (AvgIpc) is 2.17. The van der Waals surface area contributed by atoms with Crippen LogP contribution in [0.15, 0.2) is 5.38 Å². The van der Waals surface area contributed by atoms with Gasteiger partial charge in [-0.05, 0) is 0 Å². The summed E-state index contributed by atoms with van der Waals surface area (Å²) >= 11 is 1.37. The van der Waals surface area contributed by atoms with E-state index < -0.39 is 0 Å². The predicted molar refractivity (Wildman–Crippen MR) is 37.2 cm³/mol. The molecule has 5 heteroatoms. The summed E-state index contributed by atoms with van der Waals surface area (Å²) < 4.78 is 0. The molecule has 3 N–H and O–H groups in total. The van der Waals surface area contributed by atoms with Crippen LogP contribution in [0.5, 0.6) is 0 Å². The van der Waals surface area contributed by atoms with Gasteiger partial charge in [0.05, 0.1) is 7.11 Å². The summed E-state index contributed by atoms with van der Waals surface area (Å²) in [6.07, 6.45) is 0. The normalized spacial score (nSPS) is 9.44. The van der Waals surface area contributed by atoms with Crippen LogP contribution in [0.25, 0.3) is 0 Å². The van der Waals surface area contributed by atoms with Gasteiger partial charge in [-0.3, -0.25) is 4.84 Å². The number of hydrogen-bond acceptors (Lipinski definition) is 5. The summed E-state index contributed by atoms with van der Waals surface area (Å²) in [6, 6.07) is 0. The number of nitrogen functional groups attached to an aromatic ring is 1. The number of thiazole rings is 1. The molecule has 0 amide bonds. The van der Waals surface area contributed by atoms with E-state index in [1.54, 1.807) is 5.38 Å². The number of nitrogens with one attached hydrogen (secondary N) is 1. The van der Waals surface area contributed by atoms with Crippen LogP contribution < -0.4 is 11.2 Å². The van der Waals surface area contributed by atoms with Crippen molar-refractivity contribution in [1.82, 2.24) is 4.98 Å². The van der Waals surface area contributed by atoms with E-state index in [1.807, 2.05) is 0 Å². The minimum absolute atomic E-state index is 0.537. The van der Waals surface area contributed by atoms with Crippen molar-refractivity contribution in [1.29, 1.82) is 0 Å². The van der Waals surface area contributed by atoms with Crippen molar-refractivity contribution in [2.45, 2.75) is 0 Å². The SMILES string of the molecule is CONc1csc(N)n1. The van der Waals surface area contributed by atoms with Crippen LogP contribution in [0.4, 0.5) is 10.9 Å². The zero-order valence-electron chi connectivity index (χ0n) is 4.92. The van der Waals surface area contributed by atoms with Crippen molar-refractivity contribution in [2.75, 3.05) is 18.3 Å². The Hall–Kier alpha value is -0.810. The molecule has 0 aliphatic rings. The Kier molecular flexibility index (Phi) is 1.86. The number of nitrogens with zero attached hydrogens (tertiary/aromatic N) is 1. The van der Waals surface area contributed by atoms with E-state index in [-0.39, 0.29) is 0 Å². The molecule has 0 aromatic carbocycles. The maximum Gasteiger partial charge on any atom is 0.182 e. The Morgan fingerprint density at radius 3 is 3.11 bits per heavy atom. The fourth-order valence-electron chi connectivity index (χ4n) is 0.439. The molecule has 0 unspecified atom stereocenters. The molecule has 0 aliphatic heterocycles. The average molecular weight is 145 g/mol. The second kappa shape index (κ2) is 2.65. The zero-order valence-corrected chi connectivity index (χ0v) is 5.73. The van der Waals surface area contributed by atoms with E-state index in [9.17, 15) is 0 Å². The van der Waals surface area contributed by atoms with Crippen LogP contribution in [0.3, 0.4) is 0 Å². The standard InChI is InChI=1S/C4H7N3OS/c1-8-7-3-2-9-4(5)6-3/h2,7H,1H3,(H2,5,6). The lowest BCUT2D eigenvalue weighted by Gasteiger charge is -1.93. The molecule has 1 heterocycles. The molecule has 1 rings (SSSR count). The quantitative estimate of drug-likeness (QED) is 0.601. The van der Waals surface area contributed by atoms with E-state index in [1.165, 1.54) is 18.4 Å². The summed E-state index contributed by atoms with van der Waals surface area (Å²) in [5.41, 5.74) is 7.87. The molecule has 0 atom stereocenters. The Labute approximate surface area is 56.6 Å². The van der Waals surface area contributed by atoms with Gasteiger partial charge in [-0.15, -0.1) is 11.3 Å². The molecule has 0 fully saturated rings. The highest BCUT2D eigenvalue weighted by Crippen LogP contribution is 2.14. The van der Waals surface area contributed by atoms with Crippen LogP contribution >= 0.6 is 11.3 Å². The lowest BCUT2D eigenvalue weighted by atomic mass is 10.8. The van der Waals surface area contributed by atoms with Crippen molar-refractivity contribution in [3.63, 3.8) is 0 Å². The molecular formula is C4H7N3OS. The van der Waals surface area contributed by atoms with Gasteiger partial charge < -0.3 is 5.73 Å². The maximum absolute atomic E-state index is 5.32. The number of rotatable bonds is 2. The van der Waals surface area contributed by atoms with Crippen LogP contribution in [0.2, 0.25) is 0 Å². The third kappa shape index (κ3) is 1.55. The Morgan fingerprint density at radius 1 is 1.89 bits per heavy atom. The molecule has 0 saturated carbocycles. The van der Waals surface area contributed by atoms with Crippen molar-refractivity contribution >= 4 is 22.3 Å². The highest BCUT2D eigenvalue weighted by molar-refractivity contribution is 7.13. The van der Waals surface area contributed by atoms with Crippen molar-refractivity contribution in [3.8, 4) is 0 Å². The maximum atomic E-state index is 5.32. The molecule has 0 saturated heterocycles. The molecule has 0 radical (unpaired) electrons. The van der Waals surface area contributed by atoms with Crippen molar-refractivity contribution in [3.05, 3.63) is 5.38 Å². The van der Waals surface area contributed by atoms with Gasteiger partial charge in [-0.1, -0.05) is 0 Å². The molecule has 1 aromatic heterocycles. The molecule has 4 nitrogen and oxygen atoms in total. The van der Waals surface area contributed by atoms with Gasteiger partial charge in [-0.25, -0.2) is 10.5 Å². The largest absolute Gasteiger partial charge is 0.375 e. The first-order valence-corrected chi connectivity index (χ1v) is 3.21. The summed E-state index contributed by atoms with van der Waals surface area (Å²) in [4.78, 5) is 8.44. The highest BCUT2D eigenvalue weighted by Gasteiger charge is 1.93. The Morgan fingerprint density at radius 2 is 2.67 bits per heavy atom. The number of hydrogen-bond donors (Lipinski definition) is 2. The summed E-state index contributed by atoms with van der Waals surface area (Å²) in [5, 5.41) is 2.31. The summed E-state index contributed by atoms with van der Waals surface area (Å²) in [7, 11) is 1.52. The Bertz CT molecular complexity index is 188. The van der Waals surface area contributed by atoms with E-state index in [0.717, 1.165) is 0 Å². The van der Waals surface area contributed by atoms with E-state index >= 15 is 0 Å². The molecule has 0 bridgehead atoms. The summed E-state index contributed by atoms with van der Waals surface area (Å²) in [6.45, 7) is 0. The monoisotopic (exact) mass is 145 g/mol. The van der Waals surface area contributed by atoms with Crippen LogP contribution in [-0.2, 0) is 4.84 Å². The van der Waals surface area contributed by atoms with Gasteiger partial charge in [0.2, 0.25) is 0 Å². The number of nitrogens with two attached hydrogens (primary N) is 1. The first-order valence-electron chi connectivity index (χ1n) is 2.33. The fourth-order valence-corrected chi connectivity index (χ4v) is 0.923. The van der Waals surface area contributed by atoms with Crippen LogP contribution in [0.1, 0.15) is 0 Å². The second-order valence-corrected chi connectivity index (χ2v) is 2.27. The minimum Gasteiger partial charge on any atom is -0.375 e. The van der Waals surface area contributed by atoms with Gasteiger partial charge in [0.1, 0.15) is 0 Å². The van der Waals surface area contributed by atoms with Gasteiger partial charge in [-0.2, -0.15) is 0 Å².